The normalized spacial score (nSPS) is 11.8. The first-order valence-corrected chi connectivity index (χ1v) is 6.86. The molecule has 0 saturated carbocycles. The Balaban J connectivity index is 1.95. The molecule has 0 unspecified atom stereocenters. The fourth-order valence-corrected chi connectivity index (χ4v) is 2.38. The maximum absolute atomic E-state index is 11.8. The molecule has 0 aromatic carbocycles. The lowest BCUT2D eigenvalue weighted by molar-refractivity contribution is 0.412. The molecular formula is C10H14N4O3S. The summed E-state index contributed by atoms with van der Waals surface area (Å²) in [5, 5.41) is 3.85. The molecule has 2 rings (SSSR count). The maximum atomic E-state index is 11.8. The van der Waals surface area contributed by atoms with E-state index in [2.05, 4.69) is 9.82 Å². The molecule has 0 fully saturated rings. The predicted molar refractivity (Wildman–Crippen MR) is 64.0 cm³/mol. The minimum atomic E-state index is -3.62. The Morgan fingerprint density at radius 3 is 2.89 bits per heavy atom. The predicted octanol–water partition coefficient (Wildman–Crippen LogP) is -0.0867. The molecule has 0 saturated heterocycles. The van der Waals surface area contributed by atoms with Crippen LogP contribution in [-0.4, -0.2) is 24.7 Å². The summed E-state index contributed by atoms with van der Waals surface area (Å²) in [5.41, 5.74) is 5.35. The molecule has 98 valence electrons. The van der Waals surface area contributed by atoms with E-state index in [0.29, 0.717) is 12.3 Å². The standard InChI is InChI=1S/C10H14N4O3S/c11-8-9-2-3-10(17-9)18(15,16)13-5-7-14-6-1-4-12-14/h1-4,6,13H,5,7-8,11H2. The lowest BCUT2D eigenvalue weighted by atomic mass is 10.5. The van der Waals surface area contributed by atoms with Crippen LogP contribution < -0.4 is 10.5 Å². The van der Waals surface area contributed by atoms with Crippen molar-refractivity contribution in [2.75, 3.05) is 6.54 Å². The molecule has 2 aromatic heterocycles. The van der Waals surface area contributed by atoms with Gasteiger partial charge in [0.25, 0.3) is 10.0 Å². The Bertz CT molecular complexity index is 588. The highest BCUT2D eigenvalue weighted by Crippen LogP contribution is 2.12. The van der Waals surface area contributed by atoms with E-state index in [9.17, 15) is 8.42 Å². The van der Waals surface area contributed by atoms with E-state index in [-0.39, 0.29) is 18.2 Å². The summed E-state index contributed by atoms with van der Waals surface area (Å²) in [6.45, 7) is 0.863. The Morgan fingerprint density at radius 1 is 1.44 bits per heavy atom. The first kappa shape index (κ1) is 12.8. The van der Waals surface area contributed by atoms with E-state index < -0.39 is 10.0 Å². The summed E-state index contributed by atoms with van der Waals surface area (Å²) in [5.74, 6) is 0.433. The smallest absolute Gasteiger partial charge is 0.274 e. The second kappa shape index (κ2) is 5.34. The van der Waals surface area contributed by atoms with E-state index >= 15 is 0 Å². The summed E-state index contributed by atoms with van der Waals surface area (Å²) >= 11 is 0. The first-order chi connectivity index (χ1) is 8.62. The molecule has 7 nitrogen and oxygen atoms in total. The molecule has 2 heterocycles. The van der Waals surface area contributed by atoms with Gasteiger partial charge in [0.05, 0.1) is 13.1 Å². The number of nitrogens with zero attached hydrogens (tertiary/aromatic N) is 2. The van der Waals surface area contributed by atoms with Crippen LogP contribution in [0.15, 0.2) is 40.1 Å². The van der Waals surface area contributed by atoms with Crippen molar-refractivity contribution in [3.05, 3.63) is 36.4 Å². The lowest BCUT2D eigenvalue weighted by Gasteiger charge is -2.04. The summed E-state index contributed by atoms with van der Waals surface area (Å²) in [6, 6.07) is 4.70. The minimum absolute atomic E-state index is 0.122. The number of sulfonamides is 1. The van der Waals surface area contributed by atoms with Crippen molar-refractivity contribution in [1.82, 2.24) is 14.5 Å². The summed E-state index contributed by atoms with van der Waals surface area (Å²) in [7, 11) is -3.62. The van der Waals surface area contributed by atoms with Crippen molar-refractivity contribution < 1.29 is 12.8 Å². The largest absolute Gasteiger partial charge is 0.447 e. The number of hydrogen-bond acceptors (Lipinski definition) is 5. The van der Waals surface area contributed by atoms with Gasteiger partial charge in [-0.2, -0.15) is 5.10 Å². The highest BCUT2D eigenvalue weighted by Gasteiger charge is 2.17. The van der Waals surface area contributed by atoms with E-state index in [4.69, 9.17) is 10.2 Å². The van der Waals surface area contributed by atoms with Gasteiger partial charge in [0.1, 0.15) is 5.76 Å². The Morgan fingerprint density at radius 2 is 2.28 bits per heavy atom. The van der Waals surface area contributed by atoms with Gasteiger partial charge in [-0.3, -0.25) is 4.68 Å². The monoisotopic (exact) mass is 270 g/mol. The van der Waals surface area contributed by atoms with Gasteiger partial charge >= 0.3 is 0 Å². The number of aromatic nitrogens is 2. The third-order valence-corrected chi connectivity index (χ3v) is 3.63. The van der Waals surface area contributed by atoms with E-state index in [1.165, 1.54) is 6.07 Å². The zero-order valence-corrected chi connectivity index (χ0v) is 10.4. The molecule has 0 aliphatic heterocycles. The second-order valence-electron chi connectivity index (χ2n) is 3.59. The van der Waals surface area contributed by atoms with Gasteiger partial charge in [0.15, 0.2) is 0 Å². The van der Waals surface area contributed by atoms with Gasteiger partial charge in [-0.05, 0) is 18.2 Å². The van der Waals surface area contributed by atoms with Crippen LogP contribution in [0.4, 0.5) is 0 Å². The molecule has 3 N–H and O–H groups in total. The third kappa shape index (κ3) is 2.97. The van der Waals surface area contributed by atoms with Crippen molar-refractivity contribution >= 4 is 10.0 Å². The van der Waals surface area contributed by atoms with Gasteiger partial charge in [0.2, 0.25) is 5.09 Å². The van der Waals surface area contributed by atoms with Crippen molar-refractivity contribution in [1.29, 1.82) is 0 Å². The molecule has 0 spiro atoms. The minimum Gasteiger partial charge on any atom is -0.447 e. The zero-order valence-electron chi connectivity index (χ0n) is 9.61. The molecule has 8 heteroatoms. The highest BCUT2D eigenvalue weighted by molar-refractivity contribution is 7.89. The average Bonchev–Trinajstić information content (AvgIpc) is 2.99. The molecule has 0 bridgehead atoms. The Hall–Kier alpha value is -1.64. The number of hydrogen-bond donors (Lipinski definition) is 2. The molecular weight excluding hydrogens is 256 g/mol. The van der Waals surface area contributed by atoms with Crippen LogP contribution >= 0.6 is 0 Å². The topological polar surface area (TPSA) is 103 Å². The van der Waals surface area contributed by atoms with Crippen molar-refractivity contribution in [2.45, 2.75) is 18.2 Å². The average molecular weight is 270 g/mol. The molecule has 18 heavy (non-hydrogen) atoms. The van der Waals surface area contributed by atoms with Gasteiger partial charge in [-0.25, -0.2) is 13.1 Å². The number of furan rings is 1. The van der Waals surface area contributed by atoms with Crippen LogP contribution in [0.1, 0.15) is 5.76 Å². The summed E-state index contributed by atoms with van der Waals surface area (Å²) in [4.78, 5) is 0. The van der Waals surface area contributed by atoms with E-state index in [1.54, 1.807) is 29.2 Å². The quantitative estimate of drug-likeness (QED) is 0.763. The molecule has 0 radical (unpaired) electrons. The van der Waals surface area contributed by atoms with Crippen molar-refractivity contribution in [3.63, 3.8) is 0 Å². The van der Waals surface area contributed by atoms with Gasteiger partial charge < -0.3 is 10.2 Å². The fourth-order valence-electron chi connectivity index (χ4n) is 1.41. The molecule has 0 aliphatic rings. The first-order valence-electron chi connectivity index (χ1n) is 5.38. The van der Waals surface area contributed by atoms with Crippen molar-refractivity contribution in [2.24, 2.45) is 5.73 Å². The van der Waals surface area contributed by atoms with Crippen LogP contribution in [-0.2, 0) is 23.1 Å². The summed E-state index contributed by atoms with van der Waals surface area (Å²) in [6.07, 6.45) is 3.39. The molecule has 0 amide bonds. The fraction of sp³-hybridized carbons (Fsp3) is 0.300. The van der Waals surface area contributed by atoms with Crippen LogP contribution in [0, 0.1) is 0 Å². The molecule has 0 aliphatic carbocycles. The van der Waals surface area contributed by atoms with Gasteiger partial charge in [0, 0.05) is 18.9 Å². The number of nitrogens with two attached hydrogens (primary N) is 1. The Labute approximate surface area is 105 Å². The van der Waals surface area contributed by atoms with Gasteiger partial charge in [-0.1, -0.05) is 0 Å². The van der Waals surface area contributed by atoms with Crippen LogP contribution in [0.3, 0.4) is 0 Å². The van der Waals surface area contributed by atoms with Crippen LogP contribution in [0.2, 0.25) is 0 Å². The third-order valence-electron chi connectivity index (χ3n) is 2.30. The zero-order chi connectivity index (χ0) is 13.0. The maximum Gasteiger partial charge on any atom is 0.274 e. The van der Waals surface area contributed by atoms with E-state index in [1.807, 2.05) is 0 Å². The van der Waals surface area contributed by atoms with Crippen LogP contribution in [0.25, 0.3) is 0 Å². The lowest BCUT2D eigenvalue weighted by Crippen LogP contribution is -2.27. The number of nitrogens with one attached hydrogen (secondary N) is 1. The highest BCUT2D eigenvalue weighted by atomic mass is 32.2. The summed E-state index contributed by atoms with van der Waals surface area (Å²) < 4.78 is 32.8. The van der Waals surface area contributed by atoms with Gasteiger partial charge in [-0.15, -0.1) is 0 Å². The molecule has 0 atom stereocenters. The van der Waals surface area contributed by atoms with Crippen LogP contribution in [0.5, 0.6) is 0 Å². The van der Waals surface area contributed by atoms with E-state index in [0.717, 1.165) is 0 Å². The Kier molecular flexibility index (Phi) is 3.80. The molecule has 2 aromatic rings. The van der Waals surface area contributed by atoms with Crippen molar-refractivity contribution in [3.8, 4) is 0 Å². The second-order valence-corrected chi connectivity index (χ2v) is 5.29. The SMILES string of the molecule is NCc1ccc(S(=O)(=O)NCCn2cccn2)o1. The number of rotatable bonds is 6.